The lowest BCUT2D eigenvalue weighted by molar-refractivity contribution is -0.830. The number of benzene rings is 1. The Kier molecular flexibility index (Phi) is 5.12. The number of hydrogen-bond acceptors (Lipinski definition) is 5. The maximum Gasteiger partial charge on any atom is 0.313 e. The molecule has 1 aromatic carbocycles. The highest BCUT2D eigenvalue weighted by Crippen LogP contribution is 2.24. The second-order valence-electron chi connectivity index (χ2n) is 3.78. The molecule has 9 heteroatoms. The molecule has 0 aliphatic carbocycles. The SMILES string of the molecule is CO[NH2+]c1cc(Br)cc(-c2nc(SCC(=O)O)n[nH]2)c1. The molecule has 1 heterocycles. The van der Waals surface area contributed by atoms with Crippen molar-refractivity contribution in [2.45, 2.75) is 5.16 Å². The van der Waals surface area contributed by atoms with Crippen LogP contribution in [0.1, 0.15) is 0 Å². The Morgan fingerprint density at radius 2 is 2.35 bits per heavy atom. The van der Waals surface area contributed by atoms with E-state index in [-0.39, 0.29) is 5.75 Å². The van der Waals surface area contributed by atoms with Gasteiger partial charge in [-0.2, -0.15) is 5.48 Å². The number of aromatic amines is 1. The van der Waals surface area contributed by atoms with Gasteiger partial charge >= 0.3 is 5.97 Å². The lowest BCUT2D eigenvalue weighted by atomic mass is 10.2. The van der Waals surface area contributed by atoms with Crippen molar-refractivity contribution < 1.29 is 20.2 Å². The van der Waals surface area contributed by atoms with Gasteiger partial charge in [0.05, 0.1) is 12.9 Å². The van der Waals surface area contributed by atoms with Gasteiger partial charge in [0, 0.05) is 22.2 Å². The number of halogens is 1. The van der Waals surface area contributed by atoms with Crippen molar-refractivity contribution in [1.29, 1.82) is 0 Å². The van der Waals surface area contributed by atoms with Crippen LogP contribution in [0.2, 0.25) is 0 Å². The number of hydrogen-bond donors (Lipinski definition) is 3. The van der Waals surface area contributed by atoms with Crippen molar-refractivity contribution in [3.8, 4) is 11.4 Å². The number of aliphatic carboxylic acids is 1. The van der Waals surface area contributed by atoms with Gasteiger partial charge in [-0.25, -0.2) is 9.82 Å². The van der Waals surface area contributed by atoms with E-state index in [1.807, 2.05) is 18.2 Å². The van der Waals surface area contributed by atoms with E-state index < -0.39 is 5.97 Å². The maximum absolute atomic E-state index is 10.5. The minimum atomic E-state index is -0.902. The fourth-order valence-electron chi connectivity index (χ4n) is 1.52. The molecule has 0 unspecified atom stereocenters. The van der Waals surface area contributed by atoms with E-state index in [2.05, 4.69) is 31.1 Å². The first-order valence-corrected chi connectivity index (χ1v) is 7.30. The number of aromatic nitrogens is 3. The molecule has 20 heavy (non-hydrogen) atoms. The number of carboxylic acids is 1. The summed E-state index contributed by atoms with van der Waals surface area (Å²) in [7, 11) is 1.58. The fraction of sp³-hybridized carbons (Fsp3) is 0.182. The van der Waals surface area contributed by atoms with Crippen LogP contribution in [-0.4, -0.2) is 39.1 Å². The normalized spacial score (nSPS) is 10.7. The Bertz CT molecular complexity index is 619. The summed E-state index contributed by atoms with van der Waals surface area (Å²) in [5, 5.41) is 15.8. The number of carboxylic acid groups (broad SMARTS) is 1. The second kappa shape index (κ2) is 6.84. The monoisotopic (exact) mass is 359 g/mol. The highest BCUT2D eigenvalue weighted by atomic mass is 79.9. The zero-order valence-corrected chi connectivity index (χ0v) is 12.9. The number of thioether (sulfide) groups is 1. The zero-order valence-electron chi connectivity index (χ0n) is 10.5. The summed E-state index contributed by atoms with van der Waals surface area (Å²) in [6.45, 7) is 0. The largest absolute Gasteiger partial charge is 0.481 e. The van der Waals surface area contributed by atoms with E-state index in [1.54, 1.807) is 12.6 Å². The lowest BCUT2D eigenvalue weighted by Crippen LogP contribution is -2.75. The number of quaternary nitrogens is 1. The third-order valence-corrected chi connectivity index (χ3v) is 3.53. The van der Waals surface area contributed by atoms with Crippen LogP contribution >= 0.6 is 27.7 Å². The van der Waals surface area contributed by atoms with Gasteiger partial charge in [-0.1, -0.05) is 27.7 Å². The standard InChI is InChI=1S/C11H11BrN4O3S/c1-19-16-8-3-6(2-7(12)4-8)10-13-11(15-14-10)20-5-9(17)18/h2-4,16H,5H2,1H3,(H,17,18)(H,13,14,15)/p+1. The highest BCUT2D eigenvalue weighted by molar-refractivity contribution is 9.10. The summed E-state index contributed by atoms with van der Waals surface area (Å²) in [6.07, 6.45) is 0. The van der Waals surface area contributed by atoms with Gasteiger partial charge in [0.1, 0.15) is 0 Å². The van der Waals surface area contributed by atoms with E-state index in [4.69, 9.17) is 9.94 Å². The highest BCUT2D eigenvalue weighted by Gasteiger charge is 2.11. The number of nitrogens with zero attached hydrogens (tertiary/aromatic N) is 2. The van der Waals surface area contributed by atoms with Crippen LogP contribution in [0, 0.1) is 0 Å². The van der Waals surface area contributed by atoms with Crippen molar-refractivity contribution in [2.24, 2.45) is 0 Å². The molecule has 0 amide bonds. The van der Waals surface area contributed by atoms with Crippen LogP contribution in [0.15, 0.2) is 27.8 Å². The number of H-pyrrole nitrogens is 1. The Labute approximate surface area is 127 Å². The quantitative estimate of drug-likeness (QED) is 0.406. The van der Waals surface area contributed by atoms with E-state index in [0.29, 0.717) is 11.0 Å². The Hall–Kier alpha value is -1.42. The van der Waals surface area contributed by atoms with Crippen LogP contribution < -0.4 is 5.48 Å². The molecule has 4 N–H and O–H groups in total. The van der Waals surface area contributed by atoms with Crippen molar-refractivity contribution >= 4 is 39.3 Å². The number of rotatable bonds is 6. The molecule has 0 saturated carbocycles. The van der Waals surface area contributed by atoms with E-state index in [9.17, 15) is 4.79 Å². The maximum atomic E-state index is 10.5. The van der Waals surface area contributed by atoms with Gasteiger partial charge < -0.3 is 5.11 Å². The summed E-state index contributed by atoms with van der Waals surface area (Å²) in [4.78, 5) is 19.7. The minimum absolute atomic E-state index is 0.0710. The van der Waals surface area contributed by atoms with E-state index >= 15 is 0 Å². The molecule has 0 bridgehead atoms. The minimum Gasteiger partial charge on any atom is -0.481 e. The number of carbonyl (C=O) groups is 1. The van der Waals surface area contributed by atoms with Crippen molar-refractivity contribution in [3.63, 3.8) is 0 Å². The predicted octanol–water partition coefficient (Wildman–Crippen LogP) is 1.17. The molecule has 7 nitrogen and oxygen atoms in total. The Morgan fingerprint density at radius 1 is 1.55 bits per heavy atom. The molecule has 106 valence electrons. The van der Waals surface area contributed by atoms with Crippen LogP contribution in [-0.2, 0) is 9.63 Å². The third-order valence-electron chi connectivity index (χ3n) is 2.24. The number of nitrogens with two attached hydrogens (primary N) is 1. The van der Waals surface area contributed by atoms with Gasteiger partial charge in [0.15, 0.2) is 11.5 Å². The molecule has 2 rings (SSSR count). The molecular weight excluding hydrogens is 348 g/mol. The molecule has 0 spiro atoms. The van der Waals surface area contributed by atoms with Crippen LogP contribution in [0.3, 0.4) is 0 Å². The summed E-state index contributed by atoms with van der Waals surface area (Å²) >= 11 is 4.48. The molecule has 2 aromatic rings. The van der Waals surface area contributed by atoms with E-state index in [1.165, 1.54) is 0 Å². The number of nitrogens with one attached hydrogen (secondary N) is 1. The molecule has 1 aromatic heterocycles. The fourth-order valence-corrected chi connectivity index (χ4v) is 2.55. The summed E-state index contributed by atoms with van der Waals surface area (Å²) in [6, 6.07) is 5.68. The van der Waals surface area contributed by atoms with Gasteiger partial charge in [-0.15, -0.1) is 5.10 Å². The van der Waals surface area contributed by atoms with Crippen molar-refractivity contribution in [2.75, 3.05) is 12.9 Å². The van der Waals surface area contributed by atoms with Crippen molar-refractivity contribution in [3.05, 3.63) is 22.7 Å². The lowest BCUT2D eigenvalue weighted by Gasteiger charge is -2.01. The molecule has 0 atom stereocenters. The van der Waals surface area contributed by atoms with Crippen molar-refractivity contribution in [1.82, 2.24) is 15.2 Å². The Morgan fingerprint density at radius 3 is 3.05 bits per heavy atom. The van der Waals surface area contributed by atoms with Crippen LogP contribution in [0.4, 0.5) is 5.69 Å². The zero-order chi connectivity index (χ0) is 14.5. The first kappa shape index (κ1) is 15.0. The molecule has 0 aliphatic rings. The van der Waals surface area contributed by atoms with E-state index in [0.717, 1.165) is 27.5 Å². The predicted molar refractivity (Wildman–Crippen MR) is 76.5 cm³/mol. The smallest absolute Gasteiger partial charge is 0.313 e. The second-order valence-corrected chi connectivity index (χ2v) is 5.63. The third kappa shape index (κ3) is 4.04. The average Bonchev–Trinajstić information content (AvgIpc) is 2.85. The molecule has 0 fully saturated rings. The molecule has 0 radical (unpaired) electrons. The summed E-state index contributed by atoms with van der Waals surface area (Å²) in [5.74, 6) is -0.399. The topological polar surface area (TPSA) is 105 Å². The Balaban J connectivity index is 2.20. The summed E-state index contributed by atoms with van der Waals surface area (Å²) < 4.78 is 0.884. The molecule has 0 aliphatic heterocycles. The molecular formula is C11H12BrN4O3S+. The first-order chi connectivity index (χ1) is 9.58. The van der Waals surface area contributed by atoms with Gasteiger partial charge in [0.25, 0.3) is 0 Å². The van der Waals surface area contributed by atoms with Gasteiger partial charge in [0.2, 0.25) is 5.16 Å². The average molecular weight is 360 g/mol. The van der Waals surface area contributed by atoms with Crippen LogP contribution in [0.25, 0.3) is 11.4 Å². The van der Waals surface area contributed by atoms with Crippen LogP contribution in [0.5, 0.6) is 0 Å². The van der Waals surface area contributed by atoms with Gasteiger partial charge in [-0.05, 0) is 6.07 Å². The molecule has 0 saturated heterocycles. The summed E-state index contributed by atoms with van der Waals surface area (Å²) in [5.41, 5.74) is 3.33. The van der Waals surface area contributed by atoms with Gasteiger partial charge in [-0.3, -0.25) is 9.89 Å². The first-order valence-electron chi connectivity index (χ1n) is 5.52.